The molecular weight excluding hydrogens is 324 g/mol. The van der Waals surface area contributed by atoms with E-state index in [1.165, 1.54) is 18.2 Å². The van der Waals surface area contributed by atoms with Crippen molar-refractivity contribution in [3.05, 3.63) is 58.6 Å². The predicted octanol–water partition coefficient (Wildman–Crippen LogP) is 3.53. The lowest BCUT2D eigenvalue weighted by atomic mass is 10.2. The first-order valence-electron chi connectivity index (χ1n) is 6.62. The molecule has 0 bridgehead atoms. The Labute approximate surface area is 134 Å². The van der Waals surface area contributed by atoms with E-state index in [9.17, 15) is 13.2 Å². The van der Waals surface area contributed by atoms with Gasteiger partial charge in [0.25, 0.3) is 0 Å². The first-order valence-corrected chi connectivity index (χ1v) is 8.89. The summed E-state index contributed by atoms with van der Waals surface area (Å²) in [6, 6.07) is 11.2. The summed E-state index contributed by atoms with van der Waals surface area (Å²) in [6.45, 7) is 2.03. The van der Waals surface area contributed by atoms with Gasteiger partial charge in [-0.05, 0) is 42.3 Å². The van der Waals surface area contributed by atoms with Gasteiger partial charge in [0.1, 0.15) is 5.75 Å². The van der Waals surface area contributed by atoms with Gasteiger partial charge < -0.3 is 4.74 Å². The Hall–Kier alpha value is -1.85. The molecule has 116 valence electrons. The molecule has 22 heavy (non-hydrogen) atoms. The first-order chi connectivity index (χ1) is 10.3. The van der Waals surface area contributed by atoms with Crippen molar-refractivity contribution >= 4 is 27.4 Å². The quantitative estimate of drug-likeness (QED) is 0.632. The predicted molar refractivity (Wildman–Crippen MR) is 85.3 cm³/mol. The van der Waals surface area contributed by atoms with Gasteiger partial charge in [0, 0.05) is 6.26 Å². The van der Waals surface area contributed by atoms with Crippen molar-refractivity contribution in [2.24, 2.45) is 0 Å². The standard InChI is InChI=1S/C16H15ClO4S/c1-3-11-4-7-13(8-5-11)21-16(18)12-6-9-14(17)15(10-12)22(2,19)20/h4-10H,3H2,1-2H3. The second-order valence-corrected chi connectivity index (χ2v) is 7.20. The molecule has 2 rings (SSSR count). The average molecular weight is 339 g/mol. The zero-order valence-electron chi connectivity index (χ0n) is 12.2. The Balaban J connectivity index is 2.26. The van der Waals surface area contributed by atoms with Crippen molar-refractivity contribution in [1.29, 1.82) is 0 Å². The minimum Gasteiger partial charge on any atom is -0.423 e. The van der Waals surface area contributed by atoms with Gasteiger partial charge in [-0.25, -0.2) is 13.2 Å². The molecule has 0 aromatic heterocycles. The molecule has 4 nitrogen and oxygen atoms in total. The fraction of sp³-hybridized carbons (Fsp3) is 0.188. The summed E-state index contributed by atoms with van der Waals surface area (Å²) in [5.74, 6) is -0.233. The lowest BCUT2D eigenvalue weighted by Gasteiger charge is -2.07. The van der Waals surface area contributed by atoms with Crippen molar-refractivity contribution in [3.8, 4) is 5.75 Å². The Morgan fingerprint density at radius 2 is 1.77 bits per heavy atom. The van der Waals surface area contributed by atoms with Gasteiger partial charge in [0.15, 0.2) is 9.84 Å². The number of halogens is 1. The second-order valence-electron chi connectivity index (χ2n) is 4.80. The highest BCUT2D eigenvalue weighted by Gasteiger charge is 2.17. The molecule has 0 aliphatic rings. The zero-order chi connectivity index (χ0) is 16.3. The molecule has 0 heterocycles. The molecule has 0 radical (unpaired) electrons. The van der Waals surface area contributed by atoms with Crippen LogP contribution in [0.3, 0.4) is 0 Å². The van der Waals surface area contributed by atoms with Gasteiger partial charge in [-0.15, -0.1) is 0 Å². The van der Waals surface area contributed by atoms with Crippen molar-refractivity contribution < 1.29 is 17.9 Å². The largest absolute Gasteiger partial charge is 0.423 e. The summed E-state index contributed by atoms with van der Waals surface area (Å²) < 4.78 is 28.5. The van der Waals surface area contributed by atoms with Crippen LogP contribution in [0, 0.1) is 0 Å². The molecule has 0 saturated heterocycles. The molecule has 2 aromatic carbocycles. The molecule has 0 aliphatic carbocycles. The Morgan fingerprint density at radius 3 is 2.32 bits per heavy atom. The number of rotatable bonds is 4. The van der Waals surface area contributed by atoms with E-state index < -0.39 is 15.8 Å². The van der Waals surface area contributed by atoms with E-state index in [1.54, 1.807) is 12.1 Å². The van der Waals surface area contributed by atoms with Crippen LogP contribution >= 0.6 is 11.6 Å². The van der Waals surface area contributed by atoms with Crippen LogP contribution < -0.4 is 4.74 Å². The number of aryl methyl sites for hydroxylation is 1. The second kappa shape index (κ2) is 6.50. The molecule has 2 aromatic rings. The van der Waals surface area contributed by atoms with Gasteiger partial charge in [-0.2, -0.15) is 0 Å². The molecule has 0 amide bonds. The minimum atomic E-state index is -3.51. The normalized spacial score (nSPS) is 11.2. The molecule has 0 atom stereocenters. The third-order valence-corrected chi connectivity index (χ3v) is 4.69. The molecule has 0 fully saturated rings. The summed E-state index contributed by atoms with van der Waals surface area (Å²) in [6.07, 6.45) is 1.93. The van der Waals surface area contributed by atoms with Gasteiger partial charge in [0.05, 0.1) is 15.5 Å². The molecule has 0 N–H and O–H groups in total. The highest BCUT2D eigenvalue weighted by atomic mass is 35.5. The molecular formula is C16H15ClO4S. The highest BCUT2D eigenvalue weighted by molar-refractivity contribution is 7.90. The topological polar surface area (TPSA) is 60.4 Å². The van der Waals surface area contributed by atoms with Crippen LogP contribution in [0.25, 0.3) is 0 Å². The SMILES string of the molecule is CCc1ccc(OC(=O)c2ccc(Cl)c(S(C)(=O)=O)c2)cc1. The average Bonchev–Trinajstić information content (AvgIpc) is 2.47. The molecule has 0 aliphatic heterocycles. The summed E-state index contributed by atoms with van der Waals surface area (Å²) in [7, 11) is -3.51. The monoisotopic (exact) mass is 338 g/mol. The first kappa shape index (κ1) is 16.5. The number of ether oxygens (including phenoxy) is 1. The van der Waals surface area contributed by atoms with Crippen LogP contribution in [0.1, 0.15) is 22.8 Å². The van der Waals surface area contributed by atoms with Crippen molar-refractivity contribution in [1.82, 2.24) is 0 Å². The Morgan fingerprint density at radius 1 is 1.14 bits per heavy atom. The molecule has 0 unspecified atom stereocenters. The highest BCUT2D eigenvalue weighted by Crippen LogP contribution is 2.23. The van der Waals surface area contributed by atoms with Crippen molar-refractivity contribution in [2.45, 2.75) is 18.2 Å². The fourth-order valence-electron chi connectivity index (χ4n) is 1.87. The molecule has 0 saturated carbocycles. The van der Waals surface area contributed by atoms with Gasteiger partial charge >= 0.3 is 5.97 Å². The van der Waals surface area contributed by atoms with E-state index in [2.05, 4.69) is 0 Å². The maximum absolute atomic E-state index is 12.1. The maximum atomic E-state index is 12.1. The van der Waals surface area contributed by atoms with Crippen LogP contribution in [-0.2, 0) is 16.3 Å². The third-order valence-electron chi connectivity index (χ3n) is 3.11. The van der Waals surface area contributed by atoms with Crippen LogP contribution in [0.5, 0.6) is 5.75 Å². The van der Waals surface area contributed by atoms with E-state index in [-0.39, 0.29) is 15.5 Å². The molecule has 0 spiro atoms. The van der Waals surface area contributed by atoms with Crippen LogP contribution in [-0.4, -0.2) is 20.6 Å². The minimum absolute atomic E-state index is 0.0753. The lowest BCUT2D eigenvalue weighted by molar-refractivity contribution is 0.0734. The summed E-state index contributed by atoms with van der Waals surface area (Å²) >= 11 is 5.85. The maximum Gasteiger partial charge on any atom is 0.343 e. The van der Waals surface area contributed by atoms with E-state index in [1.807, 2.05) is 19.1 Å². The summed E-state index contributed by atoms with van der Waals surface area (Å²) in [5, 5.41) is 0.0753. The number of esters is 1. The Kier molecular flexibility index (Phi) is 4.88. The summed E-state index contributed by atoms with van der Waals surface area (Å²) in [4.78, 5) is 12.0. The molecule has 6 heteroatoms. The number of hydrogen-bond donors (Lipinski definition) is 0. The van der Waals surface area contributed by atoms with E-state index in [4.69, 9.17) is 16.3 Å². The third kappa shape index (κ3) is 3.87. The van der Waals surface area contributed by atoms with E-state index >= 15 is 0 Å². The Bertz CT molecular complexity index is 795. The van der Waals surface area contributed by atoms with Crippen molar-refractivity contribution in [3.63, 3.8) is 0 Å². The smallest absolute Gasteiger partial charge is 0.343 e. The number of hydrogen-bond acceptors (Lipinski definition) is 4. The van der Waals surface area contributed by atoms with Gasteiger partial charge in [-0.1, -0.05) is 30.7 Å². The van der Waals surface area contributed by atoms with Crippen LogP contribution in [0.2, 0.25) is 5.02 Å². The number of carbonyl (C=O) groups excluding carboxylic acids is 1. The fourth-order valence-corrected chi connectivity index (χ4v) is 3.17. The van der Waals surface area contributed by atoms with Crippen molar-refractivity contribution in [2.75, 3.05) is 6.26 Å². The van der Waals surface area contributed by atoms with Crippen LogP contribution in [0.4, 0.5) is 0 Å². The summed E-state index contributed by atoms with van der Waals surface area (Å²) in [5.41, 5.74) is 1.26. The number of carbonyl (C=O) groups is 1. The van der Waals surface area contributed by atoms with Gasteiger partial charge in [0.2, 0.25) is 0 Å². The van der Waals surface area contributed by atoms with E-state index in [0.29, 0.717) is 5.75 Å². The number of benzene rings is 2. The van der Waals surface area contributed by atoms with Gasteiger partial charge in [-0.3, -0.25) is 0 Å². The van der Waals surface area contributed by atoms with Crippen LogP contribution in [0.15, 0.2) is 47.4 Å². The lowest BCUT2D eigenvalue weighted by Crippen LogP contribution is -2.10. The number of sulfone groups is 1. The van der Waals surface area contributed by atoms with E-state index in [0.717, 1.165) is 18.2 Å². The zero-order valence-corrected chi connectivity index (χ0v) is 13.7.